The normalized spacial score (nSPS) is 12.3. The Labute approximate surface area is 245 Å². The van der Waals surface area contributed by atoms with Gasteiger partial charge in [-0.15, -0.1) is 0 Å². The first kappa shape index (κ1) is 22.6. The van der Waals surface area contributed by atoms with Crippen LogP contribution >= 0.6 is 0 Å². The Balaban J connectivity index is 1.46. The predicted octanol–water partition coefficient (Wildman–Crippen LogP) is 8.94. The Morgan fingerprint density at radius 2 is 1.19 bits per heavy atom. The van der Waals surface area contributed by atoms with Crippen molar-refractivity contribution in [2.24, 2.45) is 0 Å². The molecule has 10 rings (SSSR count). The van der Waals surface area contributed by atoms with E-state index in [-0.39, 0.29) is 14.5 Å². The van der Waals surface area contributed by atoms with Gasteiger partial charge in [0.25, 0.3) is 0 Å². The second kappa shape index (κ2) is 8.23. The number of rotatable bonds is 1. The fourth-order valence-electron chi connectivity index (χ4n) is 6.98. The van der Waals surface area contributed by atoms with Crippen molar-refractivity contribution in [2.45, 2.75) is 0 Å². The topological polar surface area (TPSA) is 43.6 Å². The number of hydrogen-bond acceptors (Lipinski definition) is 3. The zero-order chi connectivity index (χ0) is 27.4. The summed E-state index contributed by atoms with van der Waals surface area (Å²) in [6.07, 6.45) is 5.98. The molecule has 0 bridgehead atoms. The van der Waals surface area contributed by atoms with Crippen LogP contribution in [-0.2, 0) is 0 Å². The van der Waals surface area contributed by atoms with E-state index in [0.717, 1.165) is 21.8 Å². The van der Waals surface area contributed by atoms with E-state index in [0.29, 0.717) is 5.95 Å². The van der Waals surface area contributed by atoms with Crippen molar-refractivity contribution in [3.63, 3.8) is 0 Å². The van der Waals surface area contributed by atoms with Crippen molar-refractivity contribution in [1.82, 2.24) is 19.5 Å². The molecule has 4 heterocycles. The third-order valence-electron chi connectivity index (χ3n) is 8.71. The minimum absolute atomic E-state index is 0.195. The average molecular weight is 600 g/mol. The number of para-hydroxylation sites is 1. The maximum atomic E-state index is 5.40. The summed E-state index contributed by atoms with van der Waals surface area (Å²) >= 11 is 0.195. The molecule has 6 aromatic carbocycles. The number of fused-ring (bicyclic) bond motifs is 16. The monoisotopic (exact) mass is 600 g/mol. The van der Waals surface area contributed by atoms with Crippen LogP contribution in [0.1, 0.15) is 0 Å². The van der Waals surface area contributed by atoms with Crippen molar-refractivity contribution in [3.8, 4) is 5.95 Å². The minimum atomic E-state index is 0.195. The van der Waals surface area contributed by atoms with Crippen LogP contribution in [0.2, 0.25) is 0 Å². The molecule has 0 spiro atoms. The third kappa shape index (κ3) is 2.84. The van der Waals surface area contributed by atoms with E-state index in [2.05, 4.69) is 113 Å². The fourth-order valence-corrected chi connectivity index (χ4v) is 9.59. The van der Waals surface area contributed by atoms with E-state index in [1.165, 1.54) is 62.5 Å². The van der Waals surface area contributed by atoms with Gasteiger partial charge in [0.05, 0.1) is 0 Å². The first-order valence-electron chi connectivity index (χ1n) is 14.0. The molecule has 0 unspecified atom stereocenters. The van der Waals surface area contributed by atoms with Gasteiger partial charge in [0.15, 0.2) is 0 Å². The van der Waals surface area contributed by atoms with Crippen LogP contribution in [0.5, 0.6) is 0 Å². The van der Waals surface area contributed by atoms with Crippen LogP contribution in [0.3, 0.4) is 0 Å². The summed E-state index contributed by atoms with van der Waals surface area (Å²) in [5, 5.41) is 13.3. The molecule has 5 heteroatoms. The van der Waals surface area contributed by atoms with Gasteiger partial charge >= 0.3 is 246 Å². The average Bonchev–Trinajstić information content (AvgIpc) is 3.61. The van der Waals surface area contributed by atoms with Crippen molar-refractivity contribution in [1.29, 1.82) is 0 Å². The molecular weight excluding hydrogens is 579 g/mol. The van der Waals surface area contributed by atoms with E-state index in [9.17, 15) is 0 Å². The molecule has 0 N–H and O–H groups in total. The molecule has 0 aliphatic heterocycles. The molecule has 10 aromatic rings. The summed E-state index contributed by atoms with van der Waals surface area (Å²) in [4.78, 5) is 15.1. The number of pyridine rings is 1. The number of aromatic nitrogens is 4. The Hall–Kier alpha value is -5.09. The van der Waals surface area contributed by atoms with Crippen molar-refractivity contribution >= 4 is 98.8 Å². The summed E-state index contributed by atoms with van der Waals surface area (Å²) < 4.78 is 5.13. The van der Waals surface area contributed by atoms with Crippen molar-refractivity contribution < 1.29 is 0 Å². The summed E-state index contributed by atoms with van der Waals surface area (Å²) in [5.74, 6) is 0.691. The molecule has 4 aromatic heterocycles. The molecule has 0 saturated carbocycles. The van der Waals surface area contributed by atoms with Gasteiger partial charge in [-0.25, -0.2) is 0 Å². The standard InChI is InChI=1S/C37H20N4Se/c1-2-11-23-21(9-1)22-10-3-4-12-24(22)34-29(23)20-39-37(40-34)41-30-15-7-5-13-26(30)32-28-19-38-18-17-25(28)36-33(35(32)41)27-14-6-8-16-31(27)42-36/h1-20H. The molecule has 0 saturated heterocycles. The Kier molecular flexibility index (Phi) is 4.43. The van der Waals surface area contributed by atoms with Gasteiger partial charge < -0.3 is 0 Å². The second-order valence-electron chi connectivity index (χ2n) is 10.8. The van der Waals surface area contributed by atoms with Crippen molar-refractivity contribution in [3.05, 3.63) is 122 Å². The second-order valence-corrected chi connectivity index (χ2v) is 13.0. The van der Waals surface area contributed by atoms with E-state index >= 15 is 0 Å². The number of nitrogens with zero attached hydrogens (tertiary/aromatic N) is 4. The van der Waals surface area contributed by atoms with Gasteiger partial charge in [-0.2, -0.15) is 0 Å². The maximum absolute atomic E-state index is 5.40. The van der Waals surface area contributed by atoms with Crippen LogP contribution in [-0.4, -0.2) is 34.0 Å². The molecule has 0 aliphatic carbocycles. The zero-order valence-electron chi connectivity index (χ0n) is 22.2. The molecule has 0 amide bonds. The SMILES string of the molecule is c1ccc2c(c1)[se]c1c3ccncc3c3c4ccccc4n(-c4ncc5c6ccccc6c6ccccc6c5n4)c3c21. The van der Waals surface area contributed by atoms with Crippen molar-refractivity contribution in [2.75, 3.05) is 0 Å². The van der Waals surface area contributed by atoms with Gasteiger partial charge in [0, 0.05) is 0 Å². The van der Waals surface area contributed by atoms with Crippen LogP contribution in [0, 0.1) is 0 Å². The molecule has 0 aliphatic rings. The van der Waals surface area contributed by atoms with Crippen LogP contribution in [0.25, 0.3) is 90.3 Å². The van der Waals surface area contributed by atoms with Gasteiger partial charge in [-0.3, -0.25) is 0 Å². The van der Waals surface area contributed by atoms with Gasteiger partial charge in [-0.05, 0) is 0 Å². The van der Waals surface area contributed by atoms with E-state index in [4.69, 9.17) is 9.97 Å². The number of hydrogen-bond donors (Lipinski definition) is 0. The third-order valence-corrected chi connectivity index (χ3v) is 11.2. The zero-order valence-corrected chi connectivity index (χ0v) is 24.0. The Bertz CT molecular complexity index is 2720. The van der Waals surface area contributed by atoms with Crippen LogP contribution in [0.15, 0.2) is 122 Å². The van der Waals surface area contributed by atoms with Gasteiger partial charge in [0.1, 0.15) is 0 Å². The van der Waals surface area contributed by atoms with E-state index in [1.54, 1.807) is 0 Å². The number of benzene rings is 6. The first-order chi connectivity index (χ1) is 20.9. The molecule has 4 nitrogen and oxygen atoms in total. The molecule has 0 fully saturated rings. The predicted molar refractivity (Wildman–Crippen MR) is 176 cm³/mol. The molecular formula is C37H20N4Se. The Morgan fingerprint density at radius 1 is 0.524 bits per heavy atom. The summed E-state index contributed by atoms with van der Waals surface area (Å²) in [5.41, 5.74) is 3.25. The molecule has 42 heavy (non-hydrogen) atoms. The fraction of sp³-hybridized carbons (Fsp3) is 0. The van der Waals surface area contributed by atoms with Gasteiger partial charge in [0.2, 0.25) is 0 Å². The summed E-state index contributed by atoms with van der Waals surface area (Å²) in [6.45, 7) is 0. The summed E-state index contributed by atoms with van der Waals surface area (Å²) in [6, 6.07) is 36.9. The van der Waals surface area contributed by atoms with Crippen LogP contribution < -0.4 is 0 Å². The molecule has 194 valence electrons. The van der Waals surface area contributed by atoms with Gasteiger partial charge in [-0.1, -0.05) is 0 Å². The quantitative estimate of drug-likeness (QED) is 0.140. The molecule has 0 atom stereocenters. The molecule has 0 radical (unpaired) electrons. The van der Waals surface area contributed by atoms with Crippen LogP contribution in [0.4, 0.5) is 0 Å². The van der Waals surface area contributed by atoms with E-state index in [1.807, 2.05) is 18.6 Å². The first-order valence-corrected chi connectivity index (χ1v) is 15.7. The summed E-state index contributed by atoms with van der Waals surface area (Å²) in [7, 11) is 0. The van der Waals surface area contributed by atoms with E-state index < -0.39 is 0 Å². The Morgan fingerprint density at radius 3 is 2.02 bits per heavy atom.